The second kappa shape index (κ2) is 5.69. The average molecular weight is 258 g/mol. The maximum absolute atomic E-state index is 12.3. The van der Waals surface area contributed by atoms with Gasteiger partial charge in [-0.15, -0.1) is 6.58 Å². The van der Waals surface area contributed by atoms with Crippen molar-refractivity contribution < 1.29 is 9.59 Å². The van der Waals surface area contributed by atoms with Gasteiger partial charge in [-0.25, -0.2) is 0 Å². The Morgan fingerprint density at radius 3 is 3.05 bits per heavy atom. The van der Waals surface area contributed by atoms with Crippen LogP contribution in [0.4, 0.5) is 5.69 Å². The highest BCUT2D eigenvalue weighted by molar-refractivity contribution is 6.09. The van der Waals surface area contributed by atoms with Gasteiger partial charge in [0.15, 0.2) is 0 Å². The first-order valence-electron chi connectivity index (χ1n) is 6.40. The number of carbonyl (C=O) groups is 2. The van der Waals surface area contributed by atoms with Crippen LogP contribution in [0.15, 0.2) is 36.9 Å². The number of carbonyl (C=O) groups excluding carboxylic acids is 2. The number of benzene rings is 1. The molecule has 19 heavy (non-hydrogen) atoms. The zero-order valence-corrected chi connectivity index (χ0v) is 11.1. The second-order valence-corrected chi connectivity index (χ2v) is 4.70. The molecule has 0 saturated carbocycles. The number of hydrogen-bond acceptors (Lipinski definition) is 2. The first-order chi connectivity index (χ1) is 9.13. The summed E-state index contributed by atoms with van der Waals surface area (Å²) in [5, 5.41) is 2.68. The summed E-state index contributed by atoms with van der Waals surface area (Å²) in [5.41, 5.74) is 1.97. The first kappa shape index (κ1) is 13.3. The van der Waals surface area contributed by atoms with E-state index in [1.165, 1.54) is 0 Å². The van der Waals surface area contributed by atoms with E-state index in [-0.39, 0.29) is 11.8 Å². The Labute approximate surface area is 113 Å². The summed E-state index contributed by atoms with van der Waals surface area (Å²) in [6.07, 6.45) is 2.17. The minimum absolute atomic E-state index is 0.118. The molecule has 0 unspecified atom stereocenters. The lowest BCUT2D eigenvalue weighted by atomic mass is 10.1. The fourth-order valence-corrected chi connectivity index (χ4v) is 2.27. The molecule has 1 fully saturated rings. The smallest absolute Gasteiger partial charge is 0.239 e. The summed E-state index contributed by atoms with van der Waals surface area (Å²) < 4.78 is 0. The highest BCUT2D eigenvalue weighted by Crippen LogP contribution is 2.25. The van der Waals surface area contributed by atoms with E-state index in [1.54, 1.807) is 11.0 Å². The third-order valence-corrected chi connectivity index (χ3v) is 3.26. The van der Waals surface area contributed by atoms with E-state index in [0.29, 0.717) is 19.5 Å². The minimum Gasteiger partial charge on any atom is -0.352 e. The summed E-state index contributed by atoms with van der Waals surface area (Å²) in [4.78, 5) is 25.8. The van der Waals surface area contributed by atoms with Gasteiger partial charge >= 0.3 is 0 Å². The van der Waals surface area contributed by atoms with Crippen LogP contribution in [0.3, 0.4) is 0 Å². The lowest BCUT2D eigenvalue weighted by Crippen LogP contribution is -2.36. The quantitative estimate of drug-likeness (QED) is 0.659. The summed E-state index contributed by atoms with van der Waals surface area (Å²) in [6, 6.07) is 7.76. The van der Waals surface area contributed by atoms with Gasteiger partial charge in [0.1, 0.15) is 5.92 Å². The zero-order chi connectivity index (χ0) is 13.8. The van der Waals surface area contributed by atoms with Crippen LogP contribution in [0.25, 0.3) is 0 Å². The van der Waals surface area contributed by atoms with E-state index in [1.807, 2.05) is 31.2 Å². The molecule has 1 heterocycles. The Kier molecular flexibility index (Phi) is 4.00. The maximum atomic E-state index is 12.3. The van der Waals surface area contributed by atoms with Crippen LogP contribution in [0, 0.1) is 12.8 Å². The van der Waals surface area contributed by atoms with Crippen molar-refractivity contribution in [2.45, 2.75) is 13.3 Å². The molecular formula is C15H18N2O2. The van der Waals surface area contributed by atoms with E-state index >= 15 is 0 Å². The summed E-state index contributed by atoms with van der Waals surface area (Å²) >= 11 is 0. The second-order valence-electron chi connectivity index (χ2n) is 4.70. The topological polar surface area (TPSA) is 49.4 Å². The molecule has 1 N–H and O–H groups in total. The minimum atomic E-state index is -0.569. The number of rotatable bonds is 4. The highest BCUT2D eigenvalue weighted by Gasteiger charge is 2.37. The third kappa shape index (κ3) is 2.84. The van der Waals surface area contributed by atoms with Gasteiger partial charge in [-0.05, 0) is 31.0 Å². The van der Waals surface area contributed by atoms with Crippen LogP contribution in [0.5, 0.6) is 0 Å². The van der Waals surface area contributed by atoms with Gasteiger partial charge in [0.05, 0.1) is 0 Å². The van der Waals surface area contributed by atoms with Crippen molar-refractivity contribution in [2.75, 3.05) is 18.0 Å². The molecule has 4 nitrogen and oxygen atoms in total. The first-order valence-corrected chi connectivity index (χ1v) is 6.40. The van der Waals surface area contributed by atoms with Gasteiger partial charge in [-0.1, -0.05) is 18.2 Å². The molecule has 1 aromatic carbocycles. The van der Waals surface area contributed by atoms with E-state index < -0.39 is 5.92 Å². The van der Waals surface area contributed by atoms with Crippen molar-refractivity contribution in [1.82, 2.24) is 5.32 Å². The standard InChI is InChI=1S/C15H18N2O2/c1-3-8-16-14(18)13-7-9-17(15(13)19)12-6-4-5-11(2)10-12/h3-6,10,13H,1,7-9H2,2H3,(H,16,18)/t13-/m0/s1. The Bertz CT molecular complexity index is 511. The van der Waals surface area contributed by atoms with E-state index in [9.17, 15) is 9.59 Å². The zero-order valence-electron chi connectivity index (χ0n) is 11.1. The SMILES string of the molecule is C=CCNC(=O)[C@@H]1CCN(c2cccc(C)c2)C1=O. The van der Waals surface area contributed by atoms with E-state index in [0.717, 1.165) is 11.3 Å². The van der Waals surface area contributed by atoms with Crippen LogP contribution in [0.1, 0.15) is 12.0 Å². The summed E-state index contributed by atoms with van der Waals surface area (Å²) in [5.74, 6) is -0.896. The molecule has 2 rings (SSSR count). The van der Waals surface area contributed by atoms with Crippen LogP contribution in [0.2, 0.25) is 0 Å². The molecule has 0 aliphatic carbocycles. The molecule has 0 bridgehead atoms. The molecule has 0 aromatic heterocycles. The van der Waals surface area contributed by atoms with E-state index in [2.05, 4.69) is 11.9 Å². The van der Waals surface area contributed by atoms with Crippen molar-refractivity contribution in [3.05, 3.63) is 42.5 Å². The summed E-state index contributed by atoms with van der Waals surface area (Å²) in [6.45, 7) is 6.51. The third-order valence-electron chi connectivity index (χ3n) is 3.26. The monoisotopic (exact) mass is 258 g/mol. The molecule has 1 saturated heterocycles. The molecule has 2 amide bonds. The number of nitrogens with one attached hydrogen (secondary N) is 1. The molecule has 4 heteroatoms. The average Bonchev–Trinajstić information content (AvgIpc) is 2.78. The van der Waals surface area contributed by atoms with Gasteiger partial charge in [0, 0.05) is 18.8 Å². The Morgan fingerprint density at radius 2 is 2.37 bits per heavy atom. The van der Waals surface area contributed by atoms with Crippen molar-refractivity contribution in [2.24, 2.45) is 5.92 Å². The van der Waals surface area contributed by atoms with Crippen molar-refractivity contribution in [3.63, 3.8) is 0 Å². The number of anilines is 1. The van der Waals surface area contributed by atoms with Gasteiger partial charge < -0.3 is 10.2 Å². The molecule has 0 radical (unpaired) electrons. The van der Waals surface area contributed by atoms with Gasteiger partial charge in [0.2, 0.25) is 11.8 Å². The lowest BCUT2D eigenvalue weighted by molar-refractivity contribution is -0.131. The molecule has 1 aliphatic rings. The Hall–Kier alpha value is -2.10. The molecule has 100 valence electrons. The number of hydrogen-bond donors (Lipinski definition) is 1. The normalized spacial score (nSPS) is 18.5. The predicted molar refractivity (Wildman–Crippen MR) is 74.8 cm³/mol. The molecule has 0 spiro atoms. The van der Waals surface area contributed by atoms with Gasteiger partial charge in [-0.2, -0.15) is 0 Å². The van der Waals surface area contributed by atoms with Crippen molar-refractivity contribution in [1.29, 1.82) is 0 Å². The molecular weight excluding hydrogens is 240 g/mol. The van der Waals surface area contributed by atoms with Gasteiger partial charge in [0.25, 0.3) is 0 Å². The Morgan fingerprint density at radius 1 is 1.58 bits per heavy atom. The van der Waals surface area contributed by atoms with Crippen molar-refractivity contribution in [3.8, 4) is 0 Å². The fraction of sp³-hybridized carbons (Fsp3) is 0.333. The van der Waals surface area contributed by atoms with Crippen LogP contribution in [-0.4, -0.2) is 24.9 Å². The fourth-order valence-electron chi connectivity index (χ4n) is 2.27. The van der Waals surface area contributed by atoms with E-state index in [4.69, 9.17) is 0 Å². The largest absolute Gasteiger partial charge is 0.352 e. The highest BCUT2D eigenvalue weighted by atomic mass is 16.2. The predicted octanol–water partition coefficient (Wildman–Crippen LogP) is 1.65. The van der Waals surface area contributed by atoms with Gasteiger partial charge in [-0.3, -0.25) is 9.59 Å². The molecule has 1 aromatic rings. The van der Waals surface area contributed by atoms with Crippen molar-refractivity contribution >= 4 is 17.5 Å². The summed E-state index contributed by atoms with van der Waals surface area (Å²) in [7, 11) is 0. The molecule has 1 atom stereocenters. The van der Waals surface area contributed by atoms with Crippen LogP contribution in [-0.2, 0) is 9.59 Å². The van der Waals surface area contributed by atoms with Crippen LogP contribution < -0.4 is 10.2 Å². The number of aryl methyl sites for hydroxylation is 1. The van der Waals surface area contributed by atoms with Crippen LogP contribution >= 0.6 is 0 Å². The number of nitrogens with zero attached hydrogens (tertiary/aromatic N) is 1. The Balaban J connectivity index is 2.09. The molecule has 1 aliphatic heterocycles. The number of amides is 2. The lowest BCUT2D eigenvalue weighted by Gasteiger charge is -2.17. The maximum Gasteiger partial charge on any atom is 0.239 e.